The van der Waals surface area contributed by atoms with Crippen molar-refractivity contribution in [2.24, 2.45) is 5.73 Å². The summed E-state index contributed by atoms with van der Waals surface area (Å²) in [6.07, 6.45) is 5.17. The molecule has 176 valence electrons. The number of fused-ring (bicyclic) bond motifs is 1. The van der Waals surface area contributed by atoms with Gasteiger partial charge in [0.2, 0.25) is 0 Å². The molecule has 9 nitrogen and oxygen atoms in total. The number of carbonyl (C=O) groups is 2. The Bertz CT molecular complexity index is 1310. The van der Waals surface area contributed by atoms with E-state index in [2.05, 4.69) is 9.97 Å². The zero-order valence-corrected chi connectivity index (χ0v) is 19.2. The minimum absolute atomic E-state index is 0.313. The van der Waals surface area contributed by atoms with Gasteiger partial charge in [0.05, 0.1) is 25.5 Å². The number of oxazole rings is 1. The molecule has 0 atom stereocenters. The van der Waals surface area contributed by atoms with Crippen LogP contribution in [0, 0.1) is 0 Å². The van der Waals surface area contributed by atoms with E-state index in [1.165, 1.54) is 18.4 Å². The number of aromatic nitrogens is 2. The van der Waals surface area contributed by atoms with Gasteiger partial charge in [-0.3, -0.25) is 14.5 Å². The highest BCUT2D eigenvalue weighted by atomic mass is 16.5. The van der Waals surface area contributed by atoms with Crippen LogP contribution in [-0.4, -0.2) is 41.0 Å². The topological polar surface area (TPSA) is 124 Å². The van der Waals surface area contributed by atoms with Crippen LogP contribution in [0.1, 0.15) is 20.3 Å². The average molecular weight is 463 g/mol. The lowest BCUT2D eigenvalue weighted by Gasteiger charge is -2.38. The maximum absolute atomic E-state index is 12.9. The molecule has 0 unspecified atom stereocenters. The minimum Gasteiger partial charge on any atom is -0.496 e. The Morgan fingerprint density at radius 2 is 2.00 bits per heavy atom. The lowest BCUT2D eigenvalue weighted by atomic mass is 9.96. The number of rotatable bonds is 8. The molecule has 0 radical (unpaired) electrons. The molecule has 4 rings (SSSR count). The standard InChI is InChI=1S/C25H26N4O5/c1-25(2,10-12-33-20-6-4-5-19-17(20)9-11-28-19)29(24(31)23(26)30)16-7-8-18(21(13-16)32-3)22-14-27-15-34-22/h4-9,11,13-15,28H,10,12H2,1-3H3,(H2,26,30). The van der Waals surface area contributed by atoms with Crippen molar-refractivity contribution >= 4 is 28.4 Å². The molecule has 0 aliphatic carbocycles. The minimum atomic E-state index is -1.05. The van der Waals surface area contributed by atoms with Gasteiger partial charge in [-0.1, -0.05) is 6.07 Å². The monoisotopic (exact) mass is 462 g/mol. The summed E-state index contributed by atoms with van der Waals surface area (Å²) in [5.41, 5.74) is 6.69. The first-order valence-electron chi connectivity index (χ1n) is 10.7. The molecule has 3 N–H and O–H groups in total. The van der Waals surface area contributed by atoms with E-state index in [-0.39, 0.29) is 0 Å². The van der Waals surface area contributed by atoms with Crippen molar-refractivity contribution in [1.82, 2.24) is 9.97 Å². The molecule has 2 amide bonds. The molecule has 0 aliphatic rings. The molecule has 2 aromatic heterocycles. The number of hydrogen-bond acceptors (Lipinski definition) is 6. The van der Waals surface area contributed by atoms with Crippen molar-refractivity contribution < 1.29 is 23.5 Å². The summed E-state index contributed by atoms with van der Waals surface area (Å²) in [7, 11) is 1.51. The molecule has 4 aromatic rings. The number of ether oxygens (including phenoxy) is 2. The fourth-order valence-corrected chi connectivity index (χ4v) is 3.93. The van der Waals surface area contributed by atoms with Gasteiger partial charge in [0.1, 0.15) is 11.5 Å². The second-order valence-corrected chi connectivity index (χ2v) is 8.36. The van der Waals surface area contributed by atoms with Crippen LogP contribution in [0.25, 0.3) is 22.2 Å². The van der Waals surface area contributed by atoms with Gasteiger partial charge in [0.25, 0.3) is 0 Å². The number of carbonyl (C=O) groups excluding carboxylic acids is 2. The number of nitrogens with two attached hydrogens (primary N) is 1. The first kappa shape index (κ1) is 22.9. The lowest BCUT2D eigenvalue weighted by Crippen LogP contribution is -2.53. The summed E-state index contributed by atoms with van der Waals surface area (Å²) in [5.74, 6) is -0.164. The van der Waals surface area contributed by atoms with Crippen LogP contribution >= 0.6 is 0 Å². The Morgan fingerprint density at radius 1 is 1.18 bits per heavy atom. The summed E-state index contributed by atoms with van der Waals surface area (Å²) < 4.78 is 16.9. The second kappa shape index (κ2) is 9.30. The number of hydrogen-bond donors (Lipinski definition) is 2. The maximum atomic E-state index is 12.9. The van der Waals surface area contributed by atoms with E-state index in [1.807, 2.05) is 44.3 Å². The third-order valence-corrected chi connectivity index (χ3v) is 5.69. The number of nitrogens with zero attached hydrogens (tertiary/aromatic N) is 2. The van der Waals surface area contributed by atoms with E-state index >= 15 is 0 Å². The van der Waals surface area contributed by atoms with Crippen LogP contribution in [0.2, 0.25) is 0 Å². The zero-order chi connectivity index (χ0) is 24.3. The van der Waals surface area contributed by atoms with E-state index in [0.29, 0.717) is 35.8 Å². The number of H-pyrrole nitrogens is 1. The van der Waals surface area contributed by atoms with Crippen LogP contribution in [0.4, 0.5) is 5.69 Å². The SMILES string of the molecule is COc1cc(N(C(=O)C(N)=O)C(C)(C)CCOc2cccc3[nH]ccc23)ccc1-c1cnco1. The van der Waals surface area contributed by atoms with Gasteiger partial charge in [-0.2, -0.15) is 0 Å². The van der Waals surface area contributed by atoms with Crippen LogP contribution in [-0.2, 0) is 9.59 Å². The number of benzene rings is 2. The Labute approximate surface area is 196 Å². The third-order valence-electron chi connectivity index (χ3n) is 5.69. The molecule has 34 heavy (non-hydrogen) atoms. The van der Waals surface area contributed by atoms with Crippen LogP contribution in [0.3, 0.4) is 0 Å². The molecule has 0 fully saturated rings. The Kier molecular flexibility index (Phi) is 6.27. The van der Waals surface area contributed by atoms with Crippen molar-refractivity contribution in [3.8, 4) is 22.8 Å². The number of aromatic amines is 1. The van der Waals surface area contributed by atoms with Crippen molar-refractivity contribution in [3.05, 3.63) is 61.3 Å². The van der Waals surface area contributed by atoms with Gasteiger partial charge >= 0.3 is 11.8 Å². The van der Waals surface area contributed by atoms with Gasteiger partial charge in [0, 0.05) is 40.8 Å². The number of amides is 2. The molecule has 0 bridgehead atoms. The molecule has 0 saturated carbocycles. The predicted octanol–water partition coefficient (Wildman–Crippen LogP) is 3.90. The summed E-state index contributed by atoms with van der Waals surface area (Å²) in [6.45, 7) is 4.02. The molecule has 9 heteroatoms. The van der Waals surface area contributed by atoms with Gasteiger partial charge in [-0.15, -0.1) is 0 Å². The van der Waals surface area contributed by atoms with Crippen molar-refractivity contribution in [2.45, 2.75) is 25.8 Å². The normalized spacial score (nSPS) is 11.4. The smallest absolute Gasteiger partial charge is 0.316 e. The average Bonchev–Trinajstić information content (AvgIpc) is 3.51. The van der Waals surface area contributed by atoms with E-state index in [1.54, 1.807) is 24.4 Å². The number of anilines is 1. The van der Waals surface area contributed by atoms with Gasteiger partial charge in [-0.05, 0) is 44.2 Å². The highest BCUT2D eigenvalue weighted by Crippen LogP contribution is 2.36. The molecular formula is C25H26N4O5. The quantitative estimate of drug-likeness (QED) is 0.383. The molecule has 2 aromatic carbocycles. The lowest BCUT2D eigenvalue weighted by molar-refractivity contribution is -0.136. The van der Waals surface area contributed by atoms with Crippen LogP contribution in [0.15, 0.2) is 65.7 Å². The number of primary amides is 1. The largest absolute Gasteiger partial charge is 0.496 e. The summed E-state index contributed by atoms with van der Waals surface area (Å²) in [5, 5.41) is 0.970. The highest BCUT2D eigenvalue weighted by molar-refractivity contribution is 6.40. The first-order chi connectivity index (χ1) is 16.3. The van der Waals surface area contributed by atoms with Crippen LogP contribution < -0.4 is 20.1 Å². The van der Waals surface area contributed by atoms with E-state index in [0.717, 1.165) is 16.7 Å². The van der Waals surface area contributed by atoms with Crippen molar-refractivity contribution in [3.63, 3.8) is 0 Å². The molecule has 0 spiro atoms. The molecular weight excluding hydrogens is 436 g/mol. The van der Waals surface area contributed by atoms with Crippen molar-refractivity contribution in [2.75, 3.05) is 18.6 Å². The summed E-state index contributed by atoms with van der Waals surface area (Å²) >= 11 is 0. The molecule has 0 saturated heterocycles. The Morgan fingerprint density at radius 3 is 2.71 bits per heavy atom. The molecule has 2 heterocycles. The fourth-order valence-electron chi connectivity index (χ4n) is 3.93. The fraction of sp³-hybridized carbons (Fsp3) is 0.240. The first-order valence-corrected chi connectivity index (χ1v) is 10.7. The zero-order valence-electron chi connectivity index (χ0n) is 19.2. The highest BCUT2D eigenvalue weighted by Gasteiger charge is 2.35. The Hall–Kier alpha value is -4.27. The van der Waals surface area contributed by atoms with E-state index in [4.69, 9.17) is 19.6 Å². The van der Waals surface area contributed by atoms with E-state index < -0.39 is 17.4 Å². The van der Waals surface area contributed by atoms with Gasteiger partial charge < -0.3 is 24.6 Å². The summed E-state index contributed by atoms with van der Waals surface area (Å²) in [6, 6.07) is 12.8. The Balaban J connectivity index is 1.60. The molecule has 0 aliphatic heterocycles. The van der Waals surface area contributed by atoms with Gasteiger partial charge in [-0.25, -0.2) is 4.98 Å². The van der Waals surface area contributed by atoms with Gasteiger partial charge in [0.15, 0.2) is 12.2 Å². The predicted molar refractivity (Wildman–Crippen MR) is 128 cm³/mol. The number of nitrogens with one attached hydrogen (secondary N) is 1. The van der Waals surface area contributed by atoms with Crippen LogP contribution in [0.5, 0.6) is 11.5 Å². The third kappa shape index (κ3) is 4.45. The summed E-state index contributed by atoms with van der Waals surface area (Å²) in [4.78, 5) is 33.3. The maximum Gasteiger partial charge on any atom is 0.316 e. The van der Waals surface area contributed by atoms with Crippen molar-refractivity contribution in [1.29, 1.82) is 0 Å². The van der Waals surface area contributed by atoms with E-state index in [9.17, 15) is 9.59 Å². The number of methoxy groups -OCH3 is 1. The second-order valence-electron chi connectivity index (χ2n) is 8.36.